The van der Waals surface area contributed by atoms with E-state index in [1.165, 1.54) is 0 Å². The Labute approximate surface area is 190 Å². The van der Waals surface area contributed by atoms with Crippen molar-refractivity contribution in [3.63, 3.8) is 0 Å². The van der Waals surface area contributed by atoms with Gasteiger partial charge < -0.3 is 23.2 Å². The van der Waals surface area contributed by atoms with Crippen molar-refractivity contribution in [2.24, 2.45) is 0 Å². The third-order valence-electron chi connectivity index (χ3n) is 6.04. The number of carbonyl (C=O) groups excluding carboxylic acids is 1. The monoisotopic (exact) mass is 445 g/mol. The molecule has 7 heteroatoms. The molecule has 0 spiro atoms. The maximum absolute atomic E-state index is 13.8. The molecule has 0 fully saturated rings. The molecule has 168 valence electrons. The summed E-state index contributed by atoms with van der Waals surface area (Å²) in [4.78, 5) is 28.9. The van der Waals surface area contributed by atoms with Crippen LogP contribution < -0.4 is 14.9 Å². The SMILES string of the molecule is COc1ccc([C@H]2c3c(oc4cc(C)cc(C)c4c3=O)C(=O)N2Cc2ccco2)cc1OC. The van der Waals surface area contributed by atoms with Crippen molar-refractivity contribution < 1.29 is 23.1 Å². The summed E-state index contributed by atoms with van der Waals surface area (Å²) in [7, 11) is 3.10. The van der Waals surface area contributed by atoms with Gasteiger partial charge >= 0.3 is 0 Å². The van der Waals surface area contributed by atoms with Gasteiger partial charge in [-0.25, -0.2) is 0 Å². The van der Waals surface area contributed by atoms with E-state index < -0.39 is 6.04 Å². The Kier molecular flexibility index (Phi) is 4.96. The summed E-state index contributed by atoms with van der Waals surface area (Å²) >= 11 is 0. The lowest BCUT2D eigenvalue weighted by molar-refractivity contribution is 0.0701. The molecule has 3 heterocycles. The number of aryl methyl sites for hydroxylation is 2. The molecule has 1 amide bonds. The normalized spacial score (nSPS) is 15.2. The number of rotatable bonds is 5. The number of hydrogen-bond acceptors (Lipinski definition) is 6. The molecule has 0 N–H and O–H groups in total. The lowest BCUT2D eigenvalue weighted by Gasteiger charge is -2.25. The first kappa shape index (κ1) is 20.9. The molecule has 1 atom stereocenters. The molecule has 5 rings (SSSR count). The first-order chi connectivity index (χ1) is 15.9. The van der Waals surface area contributed by atoms with E-state index in [1.54, 1.807) is 55.7 Å². The fourth-order valence-electron chi connectivity index (χ4n) is 4.62. The van der Waals surface area contributed by atoms with Gasteiger partial charge in [-0.3, -0.25) is 9.59 Å². The minimum absolute atomic E-state index is 0.0591. The molecular weight excluding hydrogens is 422 g/mol. The second-order valence-corrected chi connectivity index (χ2v) is 8.16. The van der Waals surface area contributed by atoms with Crippen LogP contribution in [0.1, 0.15) is 44.6 Å². The molecule has 2 aromatic carbocycles. The largest absolute Gasteiger partial charge is 0.493 e. The first-order valence-electron chi connectivity index (χ1n) is 10.6. The quantitative estimate of drug-likeness (QED) is 0.440. The van der Waals surface area contributed by atoms with E-state index in [0.717, 1.165) is 11.1 Å². The molecule has 1 aliphatic rings. The Morgan fingerprint density at radius 2 is 1.79 bits per heavy atom. The molecule has 0 saturated heterocycles. The maximum atomic E-state index is 13.8. The Balaban J connectivity index is 1.77. The molecule has 0 bridgehead atoms. The fourth-order valence-corrected chi connectivity index (χ4v) is 4.62. The van der Waals surface area contributed by atoms with Crippen molar-refractivity contribution in [2.45, 2.75) is 26.4 Å². The summed E-state index contributed by atoms with van der Waals surface area (Å²) in [6.45, 7) is 3.99. The van der Waals surface area contributed by atoms with Crippen LogP contribution in [0.3, 0.4) is 0 Å². The minimum atomic E-state index is -0.668. The second kappa shape index (κ2) is 7.85. The number of carbonyl (C=O) groups is 1. The third-order valence-corrected chi connectivity index (χ3v) is 6.04. The van der Waals surface area contributed by atoms with Gasteiger partial charge in [0.2, 0.25) is 5.76 Å². The zero-order valence-corrected chi connectivity index (χ0v) is 18.8. The Morgan fingerprint density at radius 3 is 2.48 bits per heavy atom. The summed E-state index contributed by atoms with van der Waals surface area (Å²) in [5.41, 5.74) is 3.00. The van der Waals surface area contributed by atoms with Gasteiger partial charge in [-0.15, -0.1) is 0 Å². The fraction of sp³-hybridized carbons (Fsp3) is 0.231. The second-order valence-electron chi connectivity index (χ2n) is 8.16. The lowest BCUT2D eigenvalue weighted by atomic mass is 9.96. The number of amides is 1. The van der Waals surface area contributed by atoms with Gasteiger partial charge in [0.1, 0.15) is 11.3 Å². The molecule has 0 saturated carbocycles. The van der Waals surface area contributed by atoms with Crippen LogP contribution in [0.4, 0.5) is 0 Å². The minimum Gasteiger partial charge on any atom is -0.493 e. The Bertz CT molecular complexity index is 1430. The molecule has 0 radical (unpaired) electrons. The van der Waals surface area contributed by atoms with E-state index in [1.807, 2.05) is 26.0 Å². The van der Waals surface area contributed by atoms with Crippen molar-refractivity contribution in [1.82, 2.24) is 4.90 Å². The molecular formula is C26H23NO6. The van der Waals surface area contributed by atoms with Crippen molar-refractivity contribution in [1.29, 1.82) is 0 Å². The number of methoxy groups -OCH3 is 2. The molecule has 0 unspecified atom stereocenters. The van der Waals surface area contributed by atoms with Gasteiger partial charge in [-0.2, -0.15) is 0 Å². The average Bonchev–Trinajstić information content (AvgIpc) is 3.40. The van der Waals surface area contributed by atoms with Crippen LogP contribution >= 0.6 is 0 Å². The van der Waals surface area contributed by atoms with Gasteiger partial charge in [-0.05, 0) is 60.9 Å². The lowest BCUT2D eigenvalue weighted by Crippen LogP contribution is -2.29. The molecule has 1 aliphatic heterocycles. The van der Waals surface area contributed by atoms with Crippen molar-refractivity contribution in [3.05, 3.63) is 92.7 Å². The number of benzene rings is 2. The highest BCUT2D eigenvalue weighted by atomic mass is 16.5. The predicted molar refractivity (Wildman–Crippen MR) is 122 cm³/mol. The highest BCUT2D eigenvalue weighted by Crippen LogP contribution is 2.42. The van der Waals surface area contributed by atoms with Gasteiger partial charge in [0, 0.05) is 0 Å². The first-order valence-corrected chi connectivity index (χ1v) is 10.6. The van der Waals surface area contributed by atoms with Crippen LogP contribution in [0.2, 0.25) is 0 Å². The highest BCUT2D eigenvalue weighted by molar-refractivity contribution is 5.99. The zero-order chi connectivity index (χ0) is 23.3. The van der Waals surface area contributed by atoms with Gasteiger partial charge in [0.25, 0.3) is 5.91 Å². The highest BCUT2D eigenvalue weighted by Gasteiger charge is 2.43. The summed E-state index contributed by atoms with van der Waals surface area (Å²) < 4.78 is 22.4. The Morgan fingerprint density at radius 1 is 1.00 bits per heavy atom. The summed E-state index contributed by atoms with van der Waals surface area (Å²) in [6, 6.07) is 12.0. The number of fused-ring (bicyclic) bond motifs is 2. The van der Waals surface area contributed by atoms with Crippen LogP contribution in [0, 0.1) is 13.8 Å². The van der Waals surface area contributed by atoms with Crippen molar-refractivity contribution >= 4 is 16.9 Å². The summed E-state index contributed by atoms with van der Waals surface area (Å²) in [5, 5.41) is 0.484. The molecule has 7 nitrogen and oxygen atoms in total. The van der Waals surface area contributed by atoms with Crippen LogP contribution in [0.5, 0.6) is 11.5 Å². The van der Waals surface area contributed by atoms with E-state index in [2.05, 4.69) is 0 Å². The smallest absolute Gasteiger partial charge is 0.291 e. The van der Waals surface area contributed by atoms with E-state index in [9.17, 15) is 9.59 Å². The van der Waals surface area contributed by atoms with Crippen molar-refractivity contribution in [3.8, 4) is 11.5 Å². The molecule has 0 aliphatic carbocycles. The maximum Gasteiger partial charge on any atom is 0.291 e. The van der Waals surface area contributed by atoms with Crippen LogP contribution in [-0.4, -0.2) is 25.0 Å². The number of ether oxygens (including phenoxy) is 2. The van der Waals surface area contributed by atoms with Crippen LogP contribution in [0.25, 0.3) is 11.0 Å². The number of hydrogen-bond donors (Lipinski definition) is 0. The predicted octanol–water partition coefficient (Wildman–Crippen LogP) is 4.77. The van der Waals surface area contributed by atoms with Crippen molar-refractivity contribution in [2.75, 3.05) is 14.2 Å². The van der Waals surface area contributed by atoms with Crippen LogP contribution in [-0.2, 0) is 6.54 Å². The topological polar surface area (TPSA) is 82.1 Å². The van der Waals surface area contributed by atoms with Gasteiger partial charge in [0.15, 0.2) is 16.9 Å². The molecule has 4 aromatic rings. The van der Waals surface area contributed by atoms with E-state index in [0.29, 0.717) is 39.4 Å². The number of nitrogens with zero attached hydrogens (tertiary/aromatic N) is 1. The van der Waals surface area contributed by atoms with Gasteiger partial charge in [-0.1, -0.05) is 12.1 Å². The van der Waals surface area contributed by atoms with E-state index in [4.69, 9.17) is 18.3 Å². The standard InChI is InChI=1S/C26H23NO6/c1-14-10-15(2)21-20(11-14)33-25-22(24(21)28)23(16-7-8-18(30-3)19(12-16)31-4)27(26(25)29)13-17-6-5-9-32-17/h5-12,23H,13H2,1-4H3/t23-/m0/s1. The number of furan rings is 1. The molecule has 2 aromatic heterocycles. The Hall–Kier alpha value is -4.00. The van der Waals surface area contributed by atoms with E-state index >= 15 is 0 Å². The average molecular weight is 445 g/mol. The van der Waals surface area contributed by atoms with E-state index in [-0.39, 0.29) is 23.6 Å². The van der Waals surface area contributed by atoms with Gasteiger partial charge in [0.05, 0.1) is 44.0 Å². The van der Waals surface area contributed by atoms with Crippen LogP contribution in [0.15, 0.2) is 62.4 Å². The zero-order valence-electron chi connectivity index (χ0n) is 18.8. The third kappa shape index (κ3) is 3.28. The molecule has 33 heavy (non-hydrogen) atoms. The summed E-state index contributed by atoms with van der Waals surface area (Å²) in [6.07, 6.45) is 1.55. The summed E-state index contributed by atoms with van der Waals surface area (Å²) in [5.74, 6) is 1.36.